The summed E-state index contributed by atoms with van der Waals surface area (Å²) < 4.78 is 0. The Morgan fingerprint density at radius 1 is 1.07 bits per heavy atom. The smallest absolute Gasteiger partial charge is 0.255 e. The number of hydrogen-bond donors (Lipinski definition) is 2. The summed E-state index contributed by atoms with van der Waals surface area (Å²) in [5, 5.41) is 4.24. The molecule has 0 aliphatic carbocycles. The molecule has 0 atom stereocenters. The molecule has 2 N–H and O–H groups in total. The molecule has 1 aromatic heterocycles. The third-order valence-corrected chi connectivity index (χ3v) is 5.88. The average Bonchev–Trinajstić information content (AvgIpc) is 3.02. The van der Waals surface area contributed by atoms with E-state index in [9.17, 15) is 4.79 Å². The third kappa shape index (κ3) is 3.50. The molecule has 3 aromatic rings. The van der Waals surface area contributed by atoms with E-state index in [-0.39, 0.29) is 5.91 Å². The van der Waals surface area contributed by atoms with Crippen molar-refractivity contribution in [2.24, 2.45) is 0 Å². The lowest BCUT2D eigenvalue weighted by molar-refractivity contribution is 0.102. The fourth-order valence-corrected chi connectivity index (χ4v) is 3.96. The maximum Gasteiger partial charge on any atom is 0.255 e. The minimum absolute atomic E-state index is 0.0696. The summed E-state index contributed by atoms with van der Waals surface area (Å²) >= 11 is 0. The Balaban J connectivity index is 1.56. The maximum absolute atomic E-state index is 13.0. The number of fused-ring (bicyclic) bond motifs is 1. The number of likely N-dealkylation sites (N-methyl/N-ethyl adjacent to an activating group) is 1. The fraction of sp³-hybridized carbons (Fsp3) is 0.348. The highest BCUT2D eigenvalue weighted by Crippen LogP contribution is 2.28. The zero-order valence-electron chi connectivity index (χ0n) is 16.9. The number of H-pyrrole nitrogens is 1. The van der Waals surface area contributed by atoms with Crippen molar-refractivity contribution in [3.63, 3.8) is 0 Å². The molecule has 4 rings (SSSR count). The predicted molar refractivity (Wildman–Crippen MR) is 116 cm³/mol. The Bertz CT molecular complexity index is 999. The summed E-state index contributed by atoms with van der Waals surface area (Å²) in [6, 6.07) is 13.9. The van der Waals surface area contributed by atoms with E-state index in [1.54, 1.807) is 0 Å². The maximum atomic E-state index is 13.0. The molecule has 2 heterocycles. The number of para-hydroxylation sites is 2. The molecule has 0 saturated carbocycles. The van der Waals surface area contributed by atoms with E-state index >= 15 is 0 Å². The summed E-state index contributed by atoms with van der Waals surface area (Å²) in [7, 11) is 0. The Morgan fingerprint density at radius 2 is 1.82 bits per heavy atom. The van der Waals surface area contributed by atoms with Gasteiger partial charge in [-0.1, -0.05) is 19.1 Å². The van der Waals surface area contributed by atoms with Crippen LogP contribution in [0.1, 0.15) is 28.5 Å². The Hall–Kier alpha value is -2.79. The van der Waals surface area contributed by atoms with Crippen molar-refractivity contribution < 1.29 is 4.79 Å². The van der Waals surface area contributed by atoms with Crippen LogP contribution in [0.2, 0.25) is 0 Å². The van der Waals surface area contributed by atoms with Gasteiger partial charge in [-0.3, -0.25) is 4.79 Å². The van der Waals surface area contributed by atoms with Crippen molar-refractivity contribution in [3.05, 3.63) is 59.3 Å². The van der Waals surface area contributed by atoms with Gasteiger partial charge in [0.25, 0.3) is 5.91 Å². The number of carbonyl (C=O) groups is 1. The zero-order valence-corrected chi connectivity index (χ0v) is 16.9. The molecule has 1 aliphatic heterocycles. The van der Waals surface area contributed by atoms with Gasteiger partial charge in [0.1, 0.15) is 0 Å². The number of rotatable bonds is 4. The highest BCUT2D eigenvalue weighted by Gasteiger charge is 2.19. The van der Waals surface area contributed by atoms with Crippen molar-refractivity contribution in [2.45, 2.75) is 20.8 Å². The Labute approximate surface area is 166 Å². The van der Waals surface area contributed by atoms with Crippen LogP contribution >= 0.6 is 0 Å². The summed E-state index contributed by atoms with van der Waals surface area (Å²) in [5.41, 5.74) is 6.06. The monoisotopic (exact) mass is 376 g/mol. The molecule has 0 bridgehead atoms. The SMILES string of the molecule is CCN1CCN(c2ccccc2NC(=O)c2ccc3[nH]c(C)c(C)c3c2)CC1. The van der Waals surface area contributed by atoms with Crippen LogP contribution in [0.25, 0.3) is 10.9 Å². The second kappa shape index (κ2) is 7.68. The normalized spacial score (nSPS) is 15.2. The number of carbonyl (C=O) groups excluding carboxylic acids is 1. The van der Waals surface area contributed by atoms with Crippen LogP contribution in [-0.2, 0) is 0 Å². The third-order valence-electron chi connectivity index (χ3n) is 5.88. The van der Waals surface area contributed by atoms with Gasteiger partial charge >= 0.3 is 0 Å². The van der Waals surface area contributed by atoms with Crippen molar-refractivity contribution >= 4 is 28.2 Å². The molecular formula is C23H28N4O. The Morgan fingerprint density at radius 3 is 2.57 bits per heavy atom. The first-order valence-corrected chi connectivity index (χ1v) is 10.0. The molecule has 5 nitrogen and oxygen atoms in total. The van der Waals surface area contributed by atoms with Gasteiger partial charge in [0.2, 0.25) is 0 Å². The van der Waals surface area contributed by atoms with E-state index < -0.39 is 0 Å². The quantitative estimate of drug-likeness (QED) is 0.718. The van der Waals surface area contributed by atoms with E-state index in [2.05, 4.69) is 46.9 Å². The van der Waals surface area contributed by atoms with Gasteiger partial charge in [0.15, 0.2) is 0 Å². The number of amides is 1. The number of piperazine rings is 1. The number of nitrogens with one attached hydrogen (secondary N) is 2. The molecule has 1 amide bonds. The molecular weight excluding hydrogens is 348 g/mol. The van der Waals surface area contributed by atoms with E-state index in [0.29, 0.717) is 5.56 Å². The number of aryl methyl sites for hydroxylation is 2. The van der Waals surface area contributed by atoms with Crippen LogP contribution in [-0.4, -0.2) is 48.5 Å². The molecule has 1 saturated heterocycles. The second-order valence-electron chi connectivity index (χ2n) is 7.53. The van der Waals surface area contributed by atoms with Gasteiger partial charge in [0.05, 0.1) is 11.4 Å². The molecule has 2 aromatic carbocycles. The highest BCUT2D eigenvalue weighted by molar-refractivity contribution is 6.08. The summed E-state index contributed by atoms with van der Waals surface area (Å²) in [6.45, 7) is 11.5. The first-order valence-electron chi connectivity index (χ1n) is 10.0. The highest BCUT2D eigenvalue weighted by atomic mass is 16.1. The van der Waals surface area contributed by atoms with Crippen LogP contribution in [0.3, 0.4) is 0 Å². The zero-order chi connectivity index (χ0) is 19.7. The molecule has 28 heavy (non-hydrogen) atoms. The van der Waals surface area contributed by atoms with Crippen LogP contribution in [0, 0.1) is 13.8 Å². The van der Waals surface area contributed by atoms with Gasteiger partial charge in [0, 0.05) is 48.3 Å². The standard InChI is InChI=1S/C23H28N4O/c1-4-26-11-13-27(14-12-26)22-8-6-5-7-21(22)25-23(28)18-9-10-20-19(15-18)16(2)17(3)24-20/h5-10,15,24H,4,11-14H2,1-3H3,(H,25,28). The van der Waals surface area contributed by atoms with Gasteiger partial charge in [-0.05, 0) is 56.3 Å². The van der Waals surface area contributed by atoms with Gasteiger partial charge in [-0.2, -0.15) is 0 Å². The van der Waals surface area contributed by atoms with Gasteiger partial charge in [-0.15, -0.1) is 0 Å². The second-order valence-corrected chi connectivity index (χ2v) is 7.53. The average molecular weight is 377 g/mol. The van der Waals surface area contributed by atoms with Crippen molar-refractivity contribution in [1.82, 2.24) is 9.88 Å². The van der Waals surface area contributed by atoms with Crippen LogP contribution in [0.5, 0.6) is 0 Å². The Kier molecular flexibility index (Phi) is 5.09. The molecule has 1 fully saturated rings. The van der Waals surface area contributed by atoms with Crippen LogP contribution in [0.15, 0.2) is 42.5 Å². The number of hydrogen-bond acceptors (Lipinski definition) is 3. The number of aromatic amines is 1. The molecule has 0 spiro atoms. The predicted octanol–water partition coefficient (Wildman–Crippen LogP) is 4.18. The van der Waals surface area contributed by atoms with Crippen molar-refractivity contribution in [1.29, 1.82) is 0 Å². The van der Waals surface area contributed by atoms with Crippen LogP contribution in [0.4, 0.5) is 11.4 Å². The van der Waals surface area contributed by atoms with Crippen molar-refractivity contribution in [2.75, 3.05) is 42.9 Å². The first-order chi connectivity index (χ1) is 13.6. The molecule has 5 heteroatoms. The number of anilines is 2. The number of nitrogens with zero attached hydrogens (tertiary/aromatic N) is 2. The number of aromatic nitrogens is 1. The molecule has 1 aliphatic rings. The molecule has 0 radical (unpaired) electrons. The molecule has 0 unspecified atom stereocenters. The van der Waals surface area contributed by atoms with Gasteiger partial charge < -0.3 is 20.1 Å². The van der Waals surface area contributed by atoms with E-state index in [1.165, 1.54) is 5.56 Å². The lowest BCUT2D eigenvalue weighted by Crippen LogP contribution is -2.46. The van der Waals surface area contributed by atoms with E-state index in [0.717, 1.165) is 60.7 Å². The fourth-order valence-electron chi connectivity index (χ4n) is 3.96. The lowest BCUT2D eigenvalue weighted by atomic mass is 10.1. The largest absolute Gasteiger partial charge is 0.367 e. The summed E-state index contributed by atoms with van der Waals surface area (Å²) in [6.07, 6.45) is 0. The first kappa shape index (κ1) is 18.6. The van der Waals surface area contributed by atoms with E-state index in [1.807, 2.05) is 36.4 Å². The summed E-state index contributed by atoms with van der Waals surface area (Å²) in [5.74, 6) is -0.0696. The van der Waals surface area contributed by atoms with Crippen molar-refractivity contribution in [3.8, 4) is 0 Å². The minimum atomic E-state index is -0.0696. The van der Waals surface area contributed by atoms with Gasteiger partial charge in [-0.25, -0.2) is 0 Å². The summed E-state index contributed by atoms with van der Waals surface area (Å²) in [4.78, 5) is 21.1. The number of benzene rings is 2. The minimum Gasteiger partial charge on any atom is -0.367 e. The van der Waals surface area contributed by atoms with Crippen LogP contribution < -0.4 is 10.2 Å². The topological polar surface area (TPSA) is 51.4 Å². The van der Waals surface area contributed by atoms with E-state index in [4.69, 9.17) is 0 Å². The molecule has 146 valence electrons. The lowest BCUT2D eigenvalue weighted by Gasteiger charge is -2.36.